The van der Waals surface area contributed by atoms with Gasteiger partial charge in [0.25, 0.3) is 0 Å². The van der Waals surface area contributed by atoms with Gasteiger partial charge in [0.1, 0.15) is 0 Å². The minimum Gasteiger partial charge on any atom is -0.338 e. The lowest BCUT2D eigenvalue weighted by Crippen LogP contribution is -2.35. The lowest BCUT2D eigenvalue weighted by atomic mass is 10.2. The lowest BCUT2D eigenvalue weighted by molar-refractivity contribution is 0.248. The molecule has 1 aromatic heterocycles. The van der Waals surface area contributed by atoms with Gasteiger partial charge < -0.3 is 9.84 Å². The topological polar surface area (TPSA) is 54.2 Å². The molecule has 0 saturated carbocycles. The number of likely N-dealkylation sites (N-methyl/N-ethyl adjacent to an activating group) is 1. The van der Waals surface area contributed by atoms with E-state index in [-0.39, 0.29) is 0 Å². The minimum atomic E-state index is 0.328. The summed E-state index contributed by atoms with van der Waals surface area (Å²) in [5, 5.41) is 7.46. The number of nitrogens with one attached hydrogen (secondary N) is 1. The summed E-state index contributed by atoms with van der Waals surface area (Å²) in [5.74, 6) is 1.84. The third-order valence-corrected chi connectivity index (χ3v) is 3.10. The maximum Gasteiger partial charge on any atom is 0.240 e. The van der Waals surface area contributed by atoms with Crippen LogP contribution in [0.4, 0.5) is 0 Å². The summed E-state index contributed by atoms with van der Waals surface area (Å²) in [4.78, 5) is 6.62. The summed E-state index contributed by atoms with van der Waals surface area (Å²) in [7, 11) is 2.10. The second-order valence-electron chi connectivity index (χ2n) is 5.19. The van der Waals surface area contributed by atoms with Gasteiger partial charge in [0.15, 0.2) is 5.82 Å². The summed E-state index contributed by atoms with van der Waals surface area (Å²) in [5.41, 5.74) is 0. The standard InChI is InChI=1S/C12H22N4O/c1-9(2)12-14-11(17-15-12)8-16(3)7-10-5-4-6-13-10/h9-10,13H,4-8H2,1-3H3. The molecule has 0 amide bonds. The van der Waals surface area contributed by atoms with Crippen molar-refractivity contribution < 1.29 is 4.52 Å². The van der Waals surface area contributed by atoms with Gasteiger partial charge in [-0.1, -0.05) is 19.0 Å². The predicted octanol–water partition coefficient (Wildman–Crippen LogP) is 1.38. The quantitative estimate of drug-likeness (QED) is 0.840. The van der Waals surface area contributed by atoms with Crippen molar-refractivity contribution in [3.8, 4) is 0 Å². The zero-order valence-corrected chi connectivity index (χ0v) is 10.9. The molecule has 1 saturated heterocycles. The molecule has 1 aliphatic heterocycles. The number of aromatic nitrogens is 2. The summed E-state index contributed by atoms with van der Waals surface area (Å²) in [6.45, 7) is 7.06. The predicted molar refractivity (Wildman–Crippen MR) is 65.7 cm³/mol. The zero-order chi connectivity index (χ0) is 12.3. The molecule has 1 unspecified atom stereocenters. The molecule has 1 N–H and O–H groups in total. The summed E-state index contributed by atoms with van der Waals surface area (Å²) in [6.07, 6.45) is 2.56. The van der Waals surface area contributed by atoms with Gasteiger partial charge >= 0.3 is 0 Å². The van der Waals surface area contributed by atoms with E-state index in [9.17, 15) is 0 Å². The molecule has 1 atom stereocenters. The lowest BCUT2D eigenvalue weighted by Gasteiger charge is -2.18. The third kappa shape index (κ3) is 3.51. The van der Waals surface area contributed by atoms with E-state index in [0.29, 0.717) is 17.9 Å². The Balaban J connectivity index is 1.82. The van der Waals surface area contributed by atoms with Crippen molar-refractivity contribution in [2.45, 2.75) is 45.2 Å². The first-order valence-corrected chi connectivity index (χ1v) is 6.39. The second kappa shape index (κ2) is 5.60. The zero-order valence-electron chi connectivity index (χ0n) is 10.9. The molecule has 0 aliphatic carbocycles. The van der Waals surface area contributed by atoms with Crippen LogP contribution in [-0.2, 0) is 6.54 Å². The van der Waals surface area contributed by atoms with Crippen molar-refractivity contribution in [3.05, 3.63) is 11.7 Å². The Morgan fingerprint density at radius 2 is 2.35 bits per heavy atom. The number of rotatable bonds is 5. The van der Waals surface area contributed by atoms with Gasteiger partial charge in [-0.2, -0.15) is 4.98 Å². The van der Waals surface area contributed by atoms with E-state index in [4.69, 9.17) is 4.52 Å². The largest absolute Gasteiger partial charge is 0.338 e. The Morgan fingerprint density at radius 1 is 1.53 bits per heavy atom. The number of hydrogen-bond acceptors (Lipinski definition) is 5. The maximum atomic E-state index is 5.24. The monoisotopic (exact) mass is 238 g/mol. The van der Waals surface area contributed by atoms with E-state index in [1.165, 1.54) is 12.8 Å². The molecule has 2 rings (SSSR count). The van der Waals surface area contributed by atoms with Crippen molar-refractivity contribution in [2.24, 2.45) is 0 Å². The highest BCUT2D eigenvalue weighted by molar-refractivity contribution is 4.91. The third-order valence-electron chi connectivity index (χ3n) is 3.10. The molecule has 1 aromatic rings. The normalized spacial score (nSPS) is 20.6. The van der Waals surface area contributed by atoms with E-state index < -0.39 is 0 Å². The number of hydrogen-bond donors (Lipinski definition) is 1. The Labute approximate surface area is 103 Å². The SMILES string of the molecule is CC(C)c1noc(CN(C)CC2CCCN2)n1. The van der Waals surface area contributed by atoms with Crippen LogP contribution < -0.4 is 5.32 Å². The molecule has 17 heavy (non-hydrogen) atoms. The Kier molecular flexibility index (Phi) is 4.12. The fourth-order valence-corrected chi connectivity index (χ4v) is 2.15. The van der Waals surface area contributed by atoms with Crippen molar-refractivity contribution in [3.63, 3.8) is 0 Å². The molecule has 0 radical (unpaired) electrons. The van der Waals surface area contributed by atoms with Crippen molar-refractivity contribution in [1.29, 1.82) is 0 Å². The van der Waals surface area contributed by atoms with E-state index in [1.807, 2.05) is 0 Å². The van der Waals surface area contributed by atoms with E-state index >= 15 is 0 Å². The molecular formula is C12H22N4O. The van der Waals surface area contributed by atoms with Gasteiger partial charge in [-0.25, -0.2) is 0 Å². The molecule has 1 aliphatic rings. The van der Waals surface area contributed by atoms with Crippen molar-refractivity contribution in [1.82, 2.24) is 20.4 Å². The highest BCUT2D eigenvalue weighted by Gasteiger charge is 2.17. The summed E-state index contributed by atoms with van der Waals surface area (Å²) >= 11 is 0. The number of nitrogens with zero attached hydrogens (tertiary/aromatic N) is 3. The van der Waals surface area contributed by atoms with Crippen LogP contribution in [0.5, 0.6) is 0 Å². The van der Waals surface area contributed by atoms with Crippen LogP contribution >= 0.6 is 0 Å². The van der Waals surface area contributed by atoms with Crippen molar-refractivity contribution >= 4 is 0 Å². The van der Waals surface area contributed by atoms with Crippen molar-refractivity contribution in [2.75, 3.05) is 20.1 Å². The average Bonchev–Trinajstić information content (AvgIpc) is 2.88. The molecule has 0 bridgehead atoms. The first kappa shape index (κ1) is 12.5. The molecule has 1 fully saturated rings. The fraction of sp³-hybridized carbons (Fsp3) is 0.833. The molecule has 0 spiro atoms. The highest BCUT2D eigenvalue weighted by Crippen LogP contribution is 2.11. The van der Waals surface area contributed by atoms with E-state index in [2.05, 4.69) is 41.3 Å². The smallest absolute Gasteiger partial charge is 0.240 e. The molecular weight excluding hydrogens is 216 g/mol. The Hall–Kier alpha value is -0.940. The molecule has 96 valence electrons. The molecule has 0 aromatic carbocycles. The summed E-state index contributed by atoms with van der Waals surface area (Å²) in [6, 6.07) is 0.618. The second-order valence-corrected chi connectivity index (χ2v) is 5.19. The van der Waals surface area contributed by atoms with Crippen LogP contribution in [0.15, 0.2) is 4.52 Å². The average molecular weight is 238 g/mol. The van der Waals surface area contributed by atoms with E-state index in [0.717, 1.165) is 25.5 Å². The van der Waals surface area contributed by atoms with Gasteiger partial charge in [0.05, 0.1) is 6.54 Å². The van der Waals surface area contributed by atoms with E-state index in [1.54, 1.807) is 0 Å². The molecule has 2 heterocycles. The van der Waals surface area contributed by atoms with Crippen LogP contribution in [0.1, 0.15) is 44.3 Å². The van der Waals surface area contributed by atoms with Crippen LogP contribution in [0.25, 0.3) is 0 Å². The van der Waals surface area contributed by atoms with Gasteiger partial charge in [0, 0.05) is 18.5 Å². The minimum absolute atomic E-state index is 0.328. The Bertz CT molecular complexity index is 344. The Morgan fingerprint density at radius 3 is 2.94 bits per heavy atom. The van der Waals surface area contributed by atoms with Crippen LogP contribution in [0.2, 0.25) is 0 Å². The molecule has 5 nitrogen and oxygen atoms in total. The molecule has 5 heteroatoms. The summed E-state index contributed by atoms with van der Waals surface area (Å²) < 4.78 is 5.24. The first-order valence-electron chi connectivity index (χ1n) is 6.39. The van der Waals surface area contributed by atoms with Gasteiger partial charge in [0.2, 0.25) is 5.89 Å². The fourth-order valence-electron chi connectivity index (χ4n) is 2.15. The maximum absolute atomic E-state index is 5.24. The van der Waals surface area contributed by atoms with Crippen LogP contribution in [-0.4, -0.2) is 41.2 Å². The van der Waals surface area contributed by atoms with Gasteiger partial charge in [-0.05, 0) is 26.4 Å². The van der Waals surface area contributed by atoms with Crippen LogP contribution in [0.3, 0.4) is 0 Å². The highest BCUT2D eigenvalue weighted by atomic mass is 16.5. The first-order chi connectivity index (χ1) is 8.15. The van der Waals surface area contributed by atoms with Gasteiger partial charge in [-0.15, -0.1) is 0 Å². The van der Waals surface area contributed by atoms with Gasteiger partial charge in [-0.3, -0.25) is 4.90 Å². The van der Waals surface area contributed by atoms with Crippen LogP contribution in [0, 0.1) is 0 Å².